The molecule has 0 aliphatic heterocycles. The second-order valence-electron chi connectivity index (χ2n) is 6.50. The second-order valence-corrected chi connectivity index (χ2v) is 6.50. The summed E-state index contributed by atoms with van der Waals surface area (Å²) in [6.45, 7) is 8.67. The fourth-order valence-corrected chi connectivity index (χ4v) is 3.00. The van der Waals surface area contributed by atoms with Crippen LogP contribution in [0.25, 0.3) is 0 Å². The molecule has 0 saturated heterocycles. The first kappa shape index (κ1) is 15.0. The third-order valence-corrected chi connectivity index (χ3v) is 3.85. The summed E-state index contributed by atoms with van der Waals surface area (Å²) in [4.78, 5) is 0. The lowest BCUT2D eigenvalue weighted by Crippen LogP contribution is -2.41. The molecule has 0 radical (unpaired) electrons. The highest BCUT2D eigenvalue weighted by atomic mass is 16.3. The Labute approximate surface area is 107 Å². The summed E-state index contributed by atoms with van der Waals surface area (Å²) in [5.74, 6) is 1.48. The average molecular weight is 241 g/mol. The van der Waals surface area contributed by atoms with E-state index in [0.29, 0.717) is 5.92 Å². The molecular formula is C15H31NO. The topological polar surface area (TPSA) is 32.3 Å². The fraction of sp³-hybridized carbons (Fsp3) is 1.00. The monoisotopic (exact) mass is 241 g/mol. The fourth-order valence-electron chi connectivity index (χ4n) is 3.00. The molecular weight excluding hydrogens is 210 g/mol. The molecule has 1 aliphatic rings. The lowest BCUT2D eigenvalue weighted by molar-refractivity contribution is 0.0246. The molecule has 0 aromatic carbocycles. The Morgan fingerprint density at radius 3 is 2.18 bits per heavy atom. The molecule has 1 rings (SSSR count). The summed E-state index contributed by atoms with van der Waals surface area (Å²) in [5, 5.41) is 14.0. The summed E-state index contributed by atoms with van der Waals surface area (Å²) in [6, 6.07) is 0. The molecule has 0 spiro atoms. The van der Waals surface area contributed by atoms with E-state index in [9.17, 15) is 5.11 Å². The number of rotatable bonds is 6. The van der Waals surface area contributed by atoms with Gasteiger partial charge in [0, 0.05) is 6.54 Å². The van der Waals surface area contributed by atoms with Crippen LogP contribution >= 0.6 is 0 Å². The maximum atomic E-state index is 10.5. The second kappa shape index (κ2) is 7.38. The van der Waals surface area contributed by atoms with Gasteiger partial charge in [-0.05, 0) is 37.6 Å². The van der Waals surface area contributed by atoms with Crippen LogP contribution in [0.2, 0.25) is 0 Å². The van der Waals surface area contributed by atoms with E-state index in [1.807, 2.05) is 0 Å². The van der Waals surface area contributed by atoms with Crippen LogP contribution in [0.4, 0.5) is 0 Å². The van der Waals surface area contributed by atoms with Gasteiger partial charge in [0.15, 0.2) is 0 Å². The highest BCUT2D eigenvalue weighted by Gasteiger charge is 2.27. The summed E-state index contributed by atoms with van der Waals surface area (Å²) < 4.78 is 0. The molecule has 2 nitrogen and oxygen atoms in total. The lowest BCUT2D eigenvalue weighted by atomic mass is 9.94. The van der Waals surface area contributed by atoms with Crippen molar-refractivity contribution in [3.05, 3.63) is 0 Å². The van der Waals surface area contributed by atoms with Gasteiger partial charge in [0.2, 0.25) is 0 Å². The molecule has 1 saturated carbocycles. The van der Waals surface area contributed by atoms with E-state index in [4.69, 9.17) is 0 Å². The van der Waals surface area contributed by atoms with Gasteiger partial charge >= 0.3 is 0 Å². The van der Waals surface area contributed by atoms with Crippen molar-refractivity contribution in [2.24, 2.45) is 11.8 Å². The Kier molecular flexibility index (Phi) is 6.50. The van der Waals surface area contributed by atoms with E-state index >= 15 is 0 Å². The smallest absolute Gasteiger partial charge is 0.0771 e. The number of aliphatic hydroxyl groups is 1. The van der Waals surface area contributed by atoms with Crippen LogP contribution in [0.15, 0.2) is 0 Å². The lowest BCUT2D eigenvalue weighted by Gasteiger charge is -2.28. The molecule has 1 aliphatic carbocycles. The van der Waals surface area contributed by atoms with Gasteiger partial charge in [-0.25, -0.2) is 0 Å². The Bertz CT molecular complexity index is 195. The van der Waals surface area contributed by atoms with E-state index in [-0.39, 0.29) is 0 Å². The third-order valence-electron chi connectivity index (χ3n) is 3.85. The van der Waals surface area contributed by atoms with Crippen LogP contribution in [0.1, 0.15) is 65.7 Å². The zero-order valence-electron chi connectivity index (χ0n) is 12.0. The van der Waals surface area contributed by atoms with Crippen molar-refractivity contribution in [2.45, 2.75) is 71.3 Å². The Morgan fingerprint density at radius 1 is 1.06 bits per heavy atom. The molecule has 0 amide bonds. The molecule has 1 atom stereocenters. The van der Waals surface area contributed by atoms with Crippen LogP contribution in [-0.2, 0) is 0 Å². The molecule has 102 valence electrons. The summed E-state index contributed by atoms with van der Waals surface area (Å²) in [6.07, 6.45) is 8.22. The standard InChI is InChI=1S/C15H31NO/c1-13(2)10-14(3)11-16-12-15(17)8-6-4-5-7-9-15/h13-14,16-17H,4-12H2,1-3H3. The highest BCUT2D eigenvalue weighted by Crippen LogP contribution is 2.26. The maximum Gasteiger partial charge on any atom is 0.0771 e. The van der Waals surface area contributed by atoms with Crippen molar-refractivity contribution < 1.29 is 5.11 Å². The summed E-state index contributed by atoms with van der Waals surface area (Å²) in [5.41, 5.74) is -0.423. The molecule has 17 heavy (non-hydrogen) atoms. The van der Waals surface area contributed by atoms with Crippen molar-refractivity contribution in [1.29, 1.82) is 0 Å². The number of hydrogen-bond acceptors (Lipinski definition) is 2. The van der Waals surface area contributed by atoms with Crippen LogP contribution in [0.3, 0.4) is 0 Å². The third kappa shape index (κ3) is 6.42. The zero-order valence-corrected chi connectivity index (χ0v) is 12.0. The SMILES string of the molecule is CC(C)CC(C)CNCC1(O)CCCCCC1. The first-order chi connectivity index (χ1) is 8.02. The largest absolute Gasteiger partial charge is 0.389 e. The minimum atomic E-state index is -0.423. The Balaban J connectivity index is 2.19. The first-order valence-corrected chi connectivity index (χ1v) is 7.45. The normalized spacial score (nSPS) is 22.4. The van der Waals surface area contributed by atoms with Gasteiger partial charge in [-0.3, -0.25) is 0 Å². The van der Waals surface area contributed by atoms with Crippen LogP contribution in [0, 0.1) is 11.8 Å². The Hall–Kier alpha value is -0.0800. The van der Waals surface area contributed by atoms with E-state index in [1.54, 1.807) is 0 Å². The minimum Gasteiger partial charge on any atom is -0.389 e. The highest BCUT2D eigenvalue weighted by molar-refractivity contribution is 4.83. The van der Waals surface area contributed by atoms with Gasteiger partial charge in [0.1, 0.15) is 0 Å². The maximum absolute atomic E-state index is 10.5. The number of hydrogen-bond donors (Lipinski definition) is 2. The molecule has 0 aromatic heterocycles. The van der Waals surface area contributed by atoms with Gasteiger partial charge in [-0.1, -0.05) is 46.5 Å². The summed E-state index contributed by atoms with van der Waals surface area (Å²) >= 11 is 0. The van der Waals surface area contributed by atoms with Crippen molar-refractivity contribution in [1.82, 2.24) is 5.32 Å². The molecule has 0 heterocycles. The predicted octanol–water partition coefficient (Wildman–Crippen LogP) is 3.34. The van der Waals surface area contributed by atoms with E-state index in [1.165, 1.54) is 32.1 Å². The van der Waals surface area contributed by atoms with Crippen molar-refractivity contribution in [3.63, 3.8) is 0 Å². The van der Waals surface area contributed by atoms with E-state index < -0.39 is 5.60 Å². The molecule has 0 aromatic rings. The average Bonchev–Trinajstić information content (AvgIpc) is 2.42. The van der Waals surface area contributed by atoms with Gasteiger partial charge < -0.3 is 10.4 Å². The van der Waals surface area contributed by atoms with Crippen molar-refractivity contribution in [3.8, 4) is 0 Å². The van der Waals surface area contributed by atoms with Gasteiger partial charge in [-0.2, -0.15) is 0 Å². The molecule has 0 bridgehead atoms. The van der Waals surface area contributed by atoms with Crippen LogP contribution in [0.5, 0.6) is 0 Å². The van der Waals surface area contributed by atoms with Crippen molar-refractivity contribution >= 4 is 0 Å². The van der Waals surface area contributed by atoms with Gasteiger partial charge in [-0.15, -0.1) is 0 Å². The molecule has 1 fully saturated rings. The quantitative estimate of drug-likeness (QED) is 0.699. The first-order valence-electron chi connectivity index (χ1n) is 7.45. The number of nitrogens with one attached hydrogen (secondary N) is 1. The predicted molar refractivity (Wildman–Crippen MR) is 74.1 cm³/mol. The van der Waals surface area contributed by atoms with Crippen LogP contribution in [-0.4, -0.2) is 23.8 Å². The summed E-state index contributed by atoms with van der Waals surface area (Å²) in [7, 11) is 0. The molecule has 2 N–H and O–H groups in total. The Morgan fingerprint density at radius 2 is 1.65 bits per heavy atom. The van der Waals surface area contributed by atoms with E-state index in [2.05, 4.69) is 26.1 Å². The van der Waals surface area contributed by atoms with Gasteiger partial charge in [0.25, 0.3) is 0 Å². The zero-order chi connectivity index (χ0) is 12.7. The molecule has 2 heteroatoms. The van der Waals surface area contributed by atoms with Crippen LogP contribution < -0.4 is 5.32 Å². The van der Waals surface area contributed by atoms with Gasteiger partial charge in [0.05, 0.1) is 5.60 Å². The molecule has 1 unspecified atom stereocenters. The van der Waals surface area contributed by atoms with E-state index in [0.717, 1.165) is 31.8 Å². The van der Waals surface area contributed by atoms with Crippen molar-refractivity contribution in [2.75, 3.05) is 13.1 Å². The minimum absolute atomic E-state index is 0.423.